The van der Waals surface area contributed by atoms with Crippen LogP contribution < -0.4 is 0 Å². The zero-order valence-electron chi connectivity index (χ0n) is 20.8. The topological polar surface area (TPSA) is 141 Å². The van der Waals surface area contributed by atoms with Crippen molar-refractivity contribution in [3.63, 3.8) is 0 Å². The molecule has 0 heterocycles. The average molecular weight is 675 g/mol. The van der Waals surface area contributed by atoms with Gasteiger partial charge in [-0.2, -0.15) is 16.8 Å². The minimum Gasteiger partial charge on any atom is -1.00 e. The van der Waals surface area contributed by atoms with Crippen LogP contribution in [0.5, 0.6) is 0 Å². The van der Waals surface area contributed by atoms with Crippen LogP contribution in [0.3, 0.4) is 0 Å². The third-order valence-corrected chi connectivity index (χ3v) is 3.68. The molecule has 0 aliphatic heterocycles. The molecule has 1 N–H and O–H groups in total. The number of hydrogen-bond acceptors (Lipinski definition) is 8. The molecule has 0 saturated carbocycles. The van der Waals surface area contributed by atoms with Gasteiger partial charge in [-0.25, -0.2) is 9.59 Å². The Balaban J connectivity index is -0.0000000245. The van der Waals surface area contributed by atoms with Crippen LogP contribution in [0.2, 0.25) is 0 Å². The summed E-state index contributed by atoms with van der Waals surface area (Å²) in [7, 11) is -8.56. The van der Waals surface area contributed by atoms with E-state index in [0.29, 0.717) is 12.2 Å². The Morgan fingerprint density at radius 2 is 1.43 bits per heavy atom. The molecule has 0 aromatic carbocycles. The summed E-state index contributed by atoms with van der Waals surface area (Å²) in [4.78, 5) is 21.9. The van der Waals surface area contributed by atoms with Crippen molar-refractivity contribution in [3.8, 4) is 0 Å². The van der Waals surface area contributed by atoms with Crippen molar-refractivity contribution in [1.29, 1.82) is 0 Å². The third-order valence-electron chi connectivity index (χ3n) is 1.62. The van der Waals surface area contributed by atoms with E-state index in [1.54, 1.807) is 0 Å². The molecule has 23 heavy (non-hydrogen) atoms. The number of carbonyl (C=O) groups excluding carboxylic acids is 2. The fourth-order valence-electron chi connectivity index (χ4n) is 0.612. The number of hydrogen-bond donors (Lipinski definition) is 1. The Labute approximate surface area is 295 Å². The van der Waals surface area contributed by atoms with Gasteiger partial charge in [0.05, 0.1) is 5.75 Å². The Bertz CT molecular complexity index is 610. The number of rotatable bonds is 6. The van der Waals surface area contributed by atoms with E-state index in [-0.39, 0.29) is 193 Å². The first-order valence-electron chi connectivity index (χ1n) is 4.79. The van der Waals surface area contributed by atoms with Crippen molar-refractivity contribution < 1.29 is 51.3 Å². The quantitative estimate of drug-likeness (QED) is 0.118. The molecule has 15 heteroatoms. The molecule has 1 unspecified atom stereocenters. The van der Waals surface area contributed by atoms with Gasteiger partial charge in [-0.3, -0.25) is 4.55 Å². The summed E-state index contributed by atoms with van der Waals surface area (Å²) in [5, 5.41) is 0. The Hall–Kier alpha value is 4.46. The summed E-state index contributed by atoms with van der Waals surface area (Å²) in [5.41, 5.74) is -1.82. The number of carbonyl (C=O) groups is 2. The summed E-state index contributed by atoms with van der Waals surface area (Å²) in [6, 6.07) is 0. The minimum absolute atomic E-state index is 0. The molecule has 0 aliphatic rings. The zero-order valence-corrected chi connectivity index (χ0v) is 28.3. The van der Waals surface area contributed by atoms with Crippen molar-refractivity contribution in [3.05, 3.63) is 12.2 Å². The summed E-state index contributed by atoms with van der Waals surface area (Å²) < 4.78 is 59.4. The molecule has 0 rings (SSSR count). The standard InChI is InChI=1S/C8H12O9S2.4Sr.8H/c1-3-18(11,12)17-8(10)5-4-7(9)16-6(2)19(13,14)15;;;;;;;;;;;;/h4-6H,3H2,1-2H3,(H,13,14,15);;;;;;;;;;;;/q;4*+2;8*-1/b5-4+;;;;;;;;;;;;. The van der Waals surface area contributed by atoms with Crippen molar-refractivity contribution in [2.75, 3.05) is 5.75 Å². The van der Waals surface area contributed by atoms with Gasteiger partial charge in [-0.1, -0.05) is 0 Å². The van der Waals surface area contributed by atoms with Crippen LogP contribution in [0.15, 0.2) is 12.2 Å². The smallest absolute Gasteiger partial charge is 1.00 e. The molecular weight excluding hydrogens is 655 g/mol. The largest absolute Gasteiger partial charge is 2.00 e. The van der Waals surface area contributed by atoms with Crippen LogP contribution in [0.4, 0.5) is 0 Å². The molecular formula is C8H20O9S2Sr4. The van der Waals surface area contributed by atoms with Crippen LogP contribution in [0.25, 0.3) is 0 Å². The van der Waals surface area contributed by atoms with E-state index in [4.69, 9.17) is 4.55 Å². The van der Waals surface area contributed by atoms with Gasteiger partial charge in [0.2, 0.25) is 5.44 Å². The fraction of sp³-hybridized carbons (Fsp3) is 0.500. The molecule has 0 amide bonds. The number of ether oxygens (including phenoxy) is 1. The Morgan fingerprint density at radius 3 is 1.78 bits per heavy atom. The monoisotopic (exact) mass is 676 g/mol. The molecule has 0 aromatic rings. The molecule has 0 fully saturated rings. The van der Waals surface area contributed by atoms with Crippen LogP contribution in [0, 0.1) is 0 Å². The molecule has 0 bridgehead atoms. The second-order valence-electron chi connectivity index (χ2n) is 3.10. The van der Waals surface area contributed by atoms with Crippen molar-refractivity contribution in [2.45, 2.75) is 19.3 Å². The Kier molecular flexibility index (Phi) is 30.6. The van der Waals surface area contributed by atoms with Gasteiger partial charge >= 0.3 is 214 Å². The van der Waals surface area contributed by atoms with E-state index in [9.17, 15) is 26.4 Å². The van der Waals surface area contributed by atoms with Gasteiger partial charge in [0.1, 0.15) is 0 Å². The van der Waals surface area contributed by atoms with Crippen LogP contribution >= 0.6 is 0 Å². The second-order valence-corrected chi connectivity index (χ2v) is 6.65. The van der Waals surface area contributed by atoms with E-state index >= 15 is 0 Å². The van der Waals surface area contributed by atoms with Gasteiger partial charge < -0.3 is 20.3 Å². The summed E-state index contributed by atoms with van der Waals surface area (Å²) in [5.74, 6) is -3.04. The van der Waals surface area contributed by atoms with Crippen molar-refractivity contribution >= 4 is 214 Å². The summed E-state index contributed by atoms with van der Waals surface area (Å²) in [6.45, 7) is 2.13. The summed E-state index contributed by atoms with van der Waals surface area (Å²) >= 11 is 0. The van der Waals surface area contributed by atoms with E-state index in [2.05, 4.69) is 8.92 Å². The molecule has 0 saturated heterocycles. The third kappa shape index (κ3) is 21.0. The predicted molar refractivity (Wildman–Crippen MR) is 93.7 cm³/mol. The molecule has 0 radical (unpaired) electrons. The Morgan fingerprint density at radius 1 is 1.04 bits per heavy atom. The molecule has 126 valence electrons. The van der Waals surface area contributed by atoms with Gasteiger partial charge in [0.25, 0.3) is 0 Å². The molecule has 0 aliphatic carbocycles. The van der Waals surface area contributed by atoms with E-state index in [0.717, 1.165) is 6.92 Å². The van der Waals surface area contributed by atoms with E-state index < -0.39 is 43.4 Å². The molecule has 0 spiro atoms. The first-order valence-corrected chi connectivity index (χ1v) is 7.87. The average Bonchev–Trinajstić information content (AvgIpc) is 2.24. The van der Waals surface area contributed by atoms with Gasteiger partial charge in [-0.05, 0) is 13.8 Å². The van der Waals surface area contributed by atoms with Gasteiger partial charge in [0.15, 0.2) is 0 Å². The number of esters is 1. The fourth-order valence-corrected chi connectivity index (χ4v) is 1.25. The van der Waals surface area contributed by atoms with E-state index in [1.165, 1.54) is 6.92 Å². The predicted octanol–water partition coefficient (Wildman–Crippen LogP) is -1.41. The zero-order chi connectivity index (χ0) is 15.3. The van der Waals surface area contributed by atoms with Crippen molar-refractivity contribution in [1.82, 2.24) is 0 Å². The maximum absolute atomic E-state index is 11.0. The van der Waals surface area contributed by atoms with Gasteiger partial charge in [0, 0.05) is 12.2 Å². The first-order chi connectivity index (χ1) is 8.48. The normalized spacial score (nSPS) is 11.6. The molecule has 9 nitrogen and oxygen atoms in total. The molecule has 0 aromatic heterocycles. The maximum atomic E-state index is 11.0. The first kappa shape index (κ1) is 38.1. The maximum Gasteiger partial charge on any atom is 2.00 e. The van der Waals surface area contributed by atoms with Crippen LogP contribution in [-0.2, 0) is 38.7 Å². The van der Waals surface area contributed by atoms with Crippen LogP contribution in [-0.4, -0.2) is 226 Å². The van der Waals surface area contributed by atoms with Crippen LogP contribution in [0.1, 0.15) is 25.3 Å². The summed E-state index contributed by atoms with van der Waals surface area (Å²) in [6.07, 6.45) is 0.918. The van der Waals surface area contributed by atoms with E-state index in [1.807, 2.05) is 0 Å². The second kappa shape index (κ2) is 18.5. The van der Waals surface area contributed by atoms with Crippen molar-refractivity contribution in [2.24, 2.45) is 0 Å². The molecule has 1 atom stereocenters. The SMILES string of the molecule is CCS(=O)(=O)OC(=O)/C=C/C(=O)OC(C)S(=O)(=O)O.[H-].[H-].[H-].[H-].[H-].[H-].[H-].[H-].[Sr+2].[Sr+2].[Sr+2].[Sr+2]. The minimum atomic E-state index is -4.56. The van der Waals surface area contributed by atoms with Gasteiger partial charge in [-0.15, -0.1) is 0 Å².